The van der Waals surface area contributed by atoms with Crippen molar-refractivity contribution in [3.8, 4) is 5.75 Å². The number of rotatable bonds is 7. The molecule has 0 saturated heterocycles. The number of carbonyl (C=O) groups is 2. The molecule has 2 rings (SSSR count). The maximum absolute atomic E-state index is 12.5. The minimum absolute atomic E-state index is 0.0409. The molecule has 0 heterocycles. The van der Waals surface area contributed by atoms with E-state index in [0.29, 0.717) is 11.3 Å². The first-order valence-electron chi connectivity index (χ1n) is 8.14. The smallest absolute Gasteiger partial charge is 0.310 e. The number of ether oxygens (including phenoxy) is 1. The van der Waals surface area contributed by atoms with Crippen LogP contribution in [-0.2, 0) is 4.79 Å². The van der Waals surface area contributed by atoms with E-state index in [1.165, 1.54) is 25.1 Å². The summed E-state index contributed by atoms with van der Waals surface area (Å²) >= 11 is 0. The Hall–Kier alpha value is -3.22. The van der Waals surface area contributed by atoms with Gasteiger partial charge in [0.1, 0.15) is 0 Å². The van der Waals surface area contributed by atoms with Gasteiger partial charge in [-0.15, -0.1) is 0 Å². The van der Waals surface area contributed by atoms with E-state index in [1.807, 2.05) is 0 Å². The number of amides is 1. The summed E-state index contributed by atoms with van der Waals surface area (Å²) in [6.07, 6.45) is -0.896. The standard InChI is InChI=1S/C19H20N2O5/c1-12(2)19(23)20-15-10-8-14(9-11-15)18(22)13(3)26-17-7-5-4-6-16(17)21(24)25/h4-13H,1-3H3,(H,20,23). The lowest BCUT2D eigenvalue weighted by molar-refractivity contribution is -0.386. The first-order chi connectivity index (χ1) is 12.3. The maximum atomic E-state index is 12.5. The summed E-state index contributed by atoms with van der Waals surface area (Å²) in [5.74, 6) is -0.535. The molecular weight excluding hydrogens is 336 g/mol. The normalized spacial score (nSPS) is 11.7. The van der Waals surface area contributed by atoms with Gasteiger partial charge in [0.15, 0.2) is 11.9 Å². The Morgan fingerprint density at radius 3 is 2.23 bits per heavy atom. The van der Waals surface area contributed by atoms with Crippen LogP contribution >= 0.6 is 0 Å². The maximum Gasteiger partial charge on any atom is 0.310 e. The van der Waals surface area contributed by atoms with Crippen LogP contribution in [-0.4, -0.2) is 22.7 Å². The van der Waals surface area contributed by atoms with Crippen LogP contribution in [0.25, 0.3) is 0 Å². The molecule has 2 aromatic carbocycles. The van der Waals surface area contributed by atoms with Gasteiger partial charge in [0.05, 0.1) is 4.92 Å². The lowest BCUT2D eigenvalue weighted by Crippen LogP contribution is -2.24. The number of anilines is 1. The molecule has 0 aromatic heterocycles. The molecule has 1 N–H and O–H groups in total. The number of ketones is 1. The van der Waals surface area contributed by atoms with Crippen molar-refractivity contribution in [3.63, 3.8) is 0 Å². The average molecular weight is 356 g/mol. The fourth-order valence-corrected chi connectivity index (χ4v) is 2.19. The second kappa shape index (κ2) is 8.24. The van der Waals surface area contributed by atoms with Crippen molar-refractivity contribution in [2.45, 2.75) is 26.9 Å². The number of nitro benzene ring substituents is 1. The number of hydrogen-bond donors (Lipinski definition) is 1. The van der Waals surface area contributed by atoms with Gasteiger partial charge in [0, 0.05) is 23.2 Å². The molecule has 0 aliphatic rings. The van der Waals surface area contributed by atoms with Gasteiger partial charge in [-0.25, -0.2) is 0 Å². The third-order valence-corrected chi connectivity index (χ3v) is 3.70. The molecule has 0 aliphatic carbocycles. The Labute approximate surface area is 151 Å². The van der Waals surface area contributed by atoms with Crippen LogP contribution in [0.2, 0.25) is 0 Å². The lowest BCUT2D eigenvalue weighted by Gasteiger charge is -2.14. The number of para-hydroxylation sites is 2. The van der Waals surface area contributed by atoms with Crippen LogP contribution in [0.4, 0.5) is 11.4 Å². The Bertz CT molecular complexity index is 815. The highest BCUT2D eigenvalue weighted by molar-refractivity contribution is 6.00. The molecule has 1 amide bonds. The van der Waals surface area contributed by atoms with Gasteiger partial charge in [-0.2, -0.15) is 0 Å². The van der Waals surface area contributed by atoms with Gasteiger partial charge in [-0.3, -0.25) is 19.7 Å². The summed E-state index contributed by atoms with van der Waals surface area (Å²) in [6, 6.07) is 12.3. The zero-order valence-electron chi connectivity index (χ0n) is 14.8. The number of hydrogen-bond acceptors (Lipinski definition) is 5. The summed E-state index contributed by atoms with van der Waals surface area (Å²) in [5.41, 5.74) is 0.782. The number of Topliss-reactive ketones (excluding diaryl/α,β-unsaturated/α-hetero) is 1. The Morgan fingerprint density at radius 2 is 1.65 bits per heavy atom. The van der Waals surface area contributed by atoms with Crippen LogP contribution in [0.3, 0.4) is 0 Å². The Kier molecular flexibility index (Phi) is 6.06. The molecule has 1 unspecified atom stereocenters. The van der Waals surface area contributed by atoms with Crippen molar-refractivity contribution >= 4 is 23.1 Å². The number of nitro groups is 1. The van der Waals surface area contributed by atoms with Crippen LogP contribution in [0, 0.1) is 16.0 Å². The highest BCUT2D eigenvalue weighted by atomic mass is 16.6. The van der Waals surface area contributed by atoms with Gasteiger partial charge < -0.3 is 10.1 Å². The number of nitrogens with zero attached hydrogens (tertiary/aromatic N) is 1. The average Bonchev–Trinajstić information content (AvgIpc) is 2.61. The highest BCUT2D eigenvalue weighted by Gasteiger charge is 2.21. The molecular formula is C19H20N2O5. The Morgan fingerprint density at radius 1 is 1.04 bits per heavy atom. The minimum Gasteiger partial charge on any atom is -0.475 e. The second-order valence-corrected chi connectivity index (χ2v) is 6.07. The molecule has 2 aromatic rings. The van der Waals surface area contributed by atoms with E-state index in [0.717, 1.165) is 0 Å². The molecule has 0 aliphatic heterocycles. The van der Waals surface area contributed by atoms with Crippen molar-refractivity contribution in [3.05, 3.63) is 64.2 Å². The number of carbonyl (C=O) groups excluding carboxylic acids is 2. The molecule has 0 saturated carbocycles. The largest absolute Gasteiger partial charge is 0.475 e. The molecule has 0 bridgehead atoms. The van der Waals surface area contributed by atoms with E-state index in [4.69, 9.17) is 4.74 Å². The molecule has 0 fully saturated rings. The molecule has 7 heteroatoms. The van der Waals surface area contributed by atoms with E-state index in [2.05, 4.69) is 5.32 Å². The summed E-state index contributed by atoms with van der Waals surface area (Å²) in [7, 11) is 0. The van der Waals surface area contributed by atoms with Gasteiger partial charge in [0.2, 0.25) is 11.7 Å². The monoisotopic (exact) mass is 356 g/mol. The van der Waals surface area contributed by atoms with Crippen molar-refractivity contribution in [1.29, 1.82) is 0 Å². The van der Waals surface area contributed by atoms with E-state index in [-0.39, 0.29) is 29.0 Å². The fourth-order valence-electron chi connectivity index (χ4n) is 2.19. The zero-order valence-corrected chi connectivity index (χ0v) is 14.8. The SMILES string of the molecule is CC(C)C(=O)Nc1ccc(C(=O)C(C)Oc2ccccc2[N+](=O)[O-])cc1. The zero-order chi connectivity index (χ0) is 19.3. The van der Waals surface area contributed by atoms with Crippen molar-refractivity contribution < 1.29 is 19.2 Å². The van der Waals surface area contributed by atoms with Crippen LogP contribution < -0.4 is 10.1 Å². The second-order valence-electron chi connectivity index (χ2n) is 6.07. The summed E-state index contributed by atoms with van der Waals surface area (Å²) in [4.78, 5) is 34.6. The first kappa shape index (κ1) is 19.1. The topological polar surface area (TPSA) is 98.5 Å². The number of benzene rings is 2. The van der Waals surface area contributed by atoms with E-state index >= 15 is 0 Å². The van der Waals surface area contributed by atoms with Crippen LogP contribution in [0.1, 0.15) is 31.1 Å². The number of nitrogens with one attached hydrogen (secondary N) is 1. The predicted octanol–water partition coefficient (Wildman–Crippen LogP) is 3.84. The first-order valence-corrected chi connectivity index (χ1v) is 8.14. The molecule has 136 valence electrons. The van der Waals surface area contributed by atoms with Crippen LogP contribution in [0.5, 0.6) is 5.75 Å². The van der Waals surface area contributed by atoms with E-state index in [9.17, 15) is 19.7 Å². The molecule has 0 radical (unpaired) electrons. The minimum atomic E-state index is -0.896. The summed E-state index contributed by atoms with van der Waals surface area (Å²) in [6.45, 7) is 5.11. The Balaban J connectivity index is 2.09. The van der Waals surface area contributed by atoms with E-state index in [1.54, 1.807) is 44.2 Å². The third-order valence-electron chi connectivity index (χ3n) is 3.70. The molecule has 1 atom stereocenters. The summed E-state index contributed by atoms with van der Waals surface area (Å²) < 4.78 is 5.49. The third kappa shape index (κ3) is 4.66. The van der Waals surface area contributed by atoms with Crippen molar-refractivity contribution in [2.75, 3.05) is 5.32 Å². The predicted molar refractivity (Wildman–Crippen MR) is 97.4 cm³/mol. The highest BCUT2D eigenvalue weighted by Crippen LogP contribution is 2.27. The lowest BCUT2D eigenvalue weighted by atomic mass is 10.1. The molecule has 7 nitrogen and oxygen atoms in total. The van der Waals surface area contributed by atoms with Crippen molar-refractivity contribution in [2.24, 2.45) is 5.92 Å². The van der Waals surface area contributed by atoms with Gasteiger partial charge >= 0.3 is 5.69 Å². The molecule has 0 spiro atoms. The molecule has 26 heavy (non-hydrogen) atoms. The van der Waals surface area contributed by atoms with Crippen molar-refractivity contribution in [1.82, 2.24) is 0 Å². The quantitative estimate of drug-likeness (QED) is 0.462. The fraction of sp³-hybridized carbons (Fsp3) is 0.263. The van der Waals surface area contributed by atoms with Crippen LogP contribution in [0.15, 0.2) is 48.5 Å². The van der Waals surface area contributed by atoms with E-state index < -0.39 is 11.0 Å². The van der Waals surface area contributed by atoms with Gasteiger partial charge in [-0.1, -0.05) is 26.0 Å². The summed E-state index contributed by atoms with van der Waals surface area (Å²) in [5, 5.41) is 13.8. The van der Waals surface area contributed by atoms with Gasteiger partial charge in [-0.05, 0) is 37.3 Å². The van der Waals surface area contributed by atoms with Gasteiger partial charge in [0.25, 0.3) is 0 Å².